The third kappa shape index (κ3) is 6.37. The van der Waals surface area contributed by atoms with E-state index in [0.29, 0.717) is 11.9 Å². The molecular formula is C21H39N5O. The first-order valence-electron chi connectivity index (χ1n) is 11.2. The van der Waals surface area contributed by atoms with Crippen LogP contribution in [0, 0.1) is 5.92 Å². The van der Waals surface area contributed by atoms with E-state index >= 15 is 0 Å². The molecule has 1 aliphatic carbocycles. The van der Waals surface area contributed by atoms with Gasteiger partial charge in [-0.1, -0.05) is 32.1 Å². The normalized spacial score (nSPS) is 26.0. The lowest BCUT2D eigenvalue weighted by atomic mass is 9.88. The Hall–Kier alpha value is -1.30. The van der Waals surface area contributed by atoms with Gasteiger partial charge in [0, 0.05) is 45.2 Å². The molecular weight excluding hydrogens is 338 g/mol. The molecule has 1 amide bonds. The van der Waals surface area contributed by atoms with Crippen LogP contribution < -0.4 is 10.6 Å². The molecule has 0 aromatic carbocycles. The summed E-state index contributed by atoms with van der Waals surface area (Å²) in [5, 5.41) is 7.00. The van der Waals surface area contributed by atoms with Crippen LogP contribution >= 0.6 is 0 Å². The molecule has 3 aliphatic rings. The van der Waals surface area contributed by atoms with Gasteiger partial charge in [-0.25, -0.2) is 0 Å². The summed E-state index contributed by atoms with van der Waals surface area (Å²) in [6.07, 6.45) is 12.4. The van der Waals surface area contributed by atoms with Crippen LogP contribution in [0.5, 0.6) is 0 Å². The van der Waals surface area contributed by atoms with Crippen LogP contribution in [0.3, 0.4) is 0 Å². The standard InChI is InChI=1S/C21H39N5O/c1-22-21(23-12-16-25-13-7-2-3-8-14-25)24-19-11-15-26(17-19)20(27)18-9-5-4-6-10-18/h18-19H,2-17H2,1H3,(H2,22,23,24). The van der Waals surface area contributed by atoms with E-state index in [9.17, 15) is 4.79 Å². The highest BCUT2D eigenvalue weighted by Gasteiger charge is 2.31. The molecule has 2 N–H and O–H groups in total. The quantitative estimate of drug-likeness (QED) is 0.570. The van der Waals surface area contributed by atoms with Gasteiger partial charge in [-0.05, 0) is 45.2 Å². The van der Waals surface area contributed by atoms with Gasteiger partial charge >= 0.3 is 0 Å². The van der Waals surface area contributed by atoms with E-state index in [2.05, 4.69) is 25.4 Å². The van der Waals surface area contributed by atoms with Gasteiger partial charge in [0.25, 0.3) is 0 Å². The number of guanidine groups is 1. The Morgan fingerprint density at radius 1 is 0.963 bits per heavy atom. The van der Waals surface area contributed by atoms with Gasteiger partial charge in [-0.15, -0.1) is 0 Å². The number of hydrogen-bond acceptors (Lipinski definition) is 3. The minimum absolute atomic E-state index is 0.281. The molecule has 1 atom stereocenters. The highest BCUT2D eigenvalue weighted by Crippen LogP contribution is 2.26. The molecule has 0 bridgehead atoms. The molecule has 6 nitrogen and oxygen atoms in total. The SMILES string of the molecule is CN=C(NCCN1CCCCCC1)NC1CCN(C(=O)C2CCCCC2)C1. The van der Waals surface area contributed by atoms with Gasteiger partial charge in [0.1, 0.15) is 0 Å². The maximum Gasteiger partial charge on any atom is 0.225 e. The fourth-order valence-electron chi connectivity index (χ4n) is 4.77. The van der Waals surface area contributed by atoms with Gasteiger partial charge in [0.05, 0.1) is 0 Å². The Kier molecular flexibility index (Phi) is 8.24. The summed E-state index contributed by atoms with van der Waals surface area (Å²) in [5.41, 5.74) is 0. The van der Waals surface area contributed by atoms with Crippen molar-refractivity contribution in [3.05, 3.63) is 0 Å². The minimum atomic E-state index is 0.281. The van der Waals surface area contributed by atoms with E-state index in [1.807, 2.05) is 7.05 Å². The van der Waals surface area contributed by atoms with Gasteiger partial charge in [0.2, 0.25) is 5.91 Å². The largest absolute Gasteiger partial charge is 0.355 e. The first-order chi connectivity index (χ1) is 13.3. The van der Waals surface area contributed by atoms with Crippen molar-refractivity contribution in [1.29, 1.82) is 0 Å². The predicted molar refractivity (Wildman–Crippen MR) is 111 cm³/mol. The molecule has 0 radical (unpaired) electrons. The second-order valence-corrected chi connectivity index (χ2v) is 8.50. The summed E-state index contributed by atoms with van der Waals surface area (Å²) in [4.78, 5) is 21.8. The van der Waals surface area contributed by atoms with E-state index in [-0.39, 0.29) is 5.92 Å². The minimum Gasteiger partial charge on any atom is -0.355 e. The lowest BCUT2D eigenvalue weighted by molar-refractivity contribution is -0.135. The number of rotatable bonds is 5. The van der Waals surface area contributed by atoms with E-state index in [1.54, 1.807) is 0 Å². The fraction of sp³-hybridized carbons (Fsp3) is 0.905. The van der Waals surface area contributed by atoms with Crippen LogP contribution in [-0.2, 0) is 4.79 Å². The van der Waals surface area contributed by atoms with Crippen LogP contribution in [0.15, 0.2) is 4.99 Å². The molecule has 1 saturated carbocycles. The van der Waals surface area contributed by atoms with E-state index in [1.165, 1.54) is 58.0 Å². The molecule has 3 fully saturated rings. The third-order valence-electron chi connectivity index (χ3n) is 6.44. The number of likely N-dealkylation sites (tertiary alicyclic amines) is 2. The highest BCUT2D eigenvalue weighted by molar-refractivity contribution is 5.81. The van der Waals surface area contributed by atoms with Gasteiger partial charge < -0.3 is 20.4 Å². The monoisotopic (exact) mass is 377 g/mol. The highest BCUT2D eigenvalue weighted by atomic mass is 16.2. The van der Waals surface area contributed by atoms with Crippen molar-refractivity contribution >= 4 is 11.9 Å². The number of carbonyl (C=O) groups is 1. The van der Waals surface area contributed by atoms with Crippen molar-refractivity contribution in [1.82, 2.24) is 20.4 Å². The van der Waals surface area contributed by atoms with Crippen LogP contribution in [0.25, 0.3) is 0 Å². The van der Waals surface area contributed by atoms with Gasteiger partial charge in [-0.2, -0.15) is 0 Å². The van der Waals surface area contributed by atoms with E-state index < -0.39 is 0 Å². The average Bonchev–Trinajstić information content (AvgIpc) is 3.02. The topological polar surface area (TPSA) is 60.0 Å². The number of carbonyl (C=O) groups excluding carboxylic acids is 1. The van der Waals surface area contributed by atoms with Crippen molar-refractivity contribution < 1.29 is 4.79 Å². The molecule has 2 heterocycles. The summed E-state index contributed by atoms with van der Waals surface area (Å²) in [7, 11) is 1.83. The second kappa shape index (κ2) is 10.9. The summed E-state index contributed by atoms with van der Waals surface area (Å²) < 4.78 is 0. The number of amides is 1. The van der Waals surface area contributed by atoms with Crippen molar-refractivity contribution in [2.45, 2.75) is 70.3 Å². The maximum absolute atomic E-state index is 12.7. The van der Waals surface area contributed by atoms with Crippen molar-refractivity contribution in [2.75, 3.05) is 46.3 Å². The Morgan fingerprint density at radius 2 is 1.67 bits per heavy atom. The zero-order valence-corrected chi connectivity index (χ0v) is 17.2. The zero-order chi connectivity index (χ0) is 18.9. The summed E-state index contributed by atoms with van der Waals surface area (Å²) in [5.74, 6) is 1.55. The molecule has 1 unspecified atom stereocenters. The summed E-state index contributed by atoms with van der Waals surface area (Å²) in [6.45, 7) is 6.18. The number of aliphatic imine (C=N–C) groups is 1. The van der Waals surface area contributed by atoms with Crippen LogP contribution in [0.1, 0.15) is 64.2 Å². The number of nitrogens with one attached hydrogen (secondary N) is 2. The molecule has 0 spiro atoms. The van der Waals surface area contributed by atoms with Gasteiger partial charge in [0.15, 0.2) is 5.96 Å². The molecule has 2 saturated heterocycles. The predicted octanol–water partition coefficient (Wildman–Crippen LogP) is 2.21. The lowest BCUT2D eigenvalue weighted by Crippen LogP contribution is -2.47. The van der Waals surface area contributed by atoms with Crippen molar-refractivity contribution in [3.8, 4) is 0 Å². The fourth-order valence-corrected chi connectivity index (χ4v) is 4.77. The summed E-state index contributed by atoms with van der Waals surface area (Å²) >= 11 is 0. The number of nitrogens with zero attached hydrogens (tertiary/aromatic N) is 3. The lowest BCUT2D eigenvalue weighted by Gasteiger charge is -2.26. The molecule has 0 aromatic heterocycles. The molecule has 2 aliphatic heterocycles. The molecule has 6 heteroatoms. The van der Waals surface area contributed by atoms with Crippen LogP contribution in [0.4, 0.5) is 0 Å². The maximum atomic E-state index is 12.7. The Bertz CT molecular complexity index is 481. The first kappa shape index (κ1) is 20.4. The number of hydrogen-bond donors (Lipinski definition) is 2. The van der Waals surface area contributed by atoms with Gasteiger partial charge in [-0.3, -0.25) is 9.79 Å². The Balaban J connectivity index is 1.36. The van der Waals surface area contributed by atoms with Crippen LogP contribution in [-0.4, -0.2) is 74.0 Å². The smallest absolute Gasteiger partial charge is 0.225 e. The third-order valence-corrected chi connectivity index (χ3v) is 6.44. The molecule has 27 heavy (non-hydrogen) atoms. The second-order valence-electron chi connectivity index (χ2n) is 8.50. The summed E-state index contributed by atoms with van der Waals surface area (Å²) in [6, 6.07) is 0.321. The first-order valence-corrected chi connectivity index (χ1v) is 11.2. The van der Waals surface area contributed by atoms with Crippen molar-refractivity contribution in [2.24, 2.45) is 10.9 Å². The Morgan fingerprint density at radius 3 is 2.37 bits per heavy atom. The van der Waals surface area contributed by atoms with Crippen LogP contribution in [0.2, 0.25) is 0 Å². The average molecular weight is 378 g/mol. The zero-order valence-electron chi connectivity index (χ0n) is 17.2. The van der Waals surface area contributed by atoms with Crippen molar-refractivity contribution in [3.63, 3.8) is 0 Å². The van der Waals surface area contributed by atoms with E-state index in [0.717, 1.165) is 51.4 Å². The molecule has 154 valence electrons. The van der Waals surface area contributed by atoms with E-state index in [4.69, 9.17) is 0 Å². The molecule has 0 aromatic rings. The Labute approximate surface area is 165 Å². The molecule has 3 rings (SSSR count).